The molecule has 0 spiro atoms. The summed E-state index contributed by atoms with van der Waals surface area (Å²) in [5.41, 5.74) is 1.84. The molecule has 166 valence electrons. The van der Waals surface area contributed by atoms with E-state index >= 15 is 0 Å². The van der Waals surface area contributed by atoms with Crippen molar-refractivity contribution >= 4 is 66.8 Å². The highest BCUT2D eigenvalue weighted by molar-refractivity contribution is 6.65. The first-order chi connectivity index (χ1) is 16.3. The summed E-state index contributed by atoms with van der Waals surface area (Å²) in [7, 11) is -0.467. The van der Waals surface area contributed by atoms with Crippen molar-refractivity contribution in [3.63, 3.8) is 0 Å². The summed E-state index contributed by atoms with van der Waals surface area (Å²) in [4.78, 5) is 0. The maximum atomic E-state index is 6.54. The second kappa shape index (κ2) is 6.62. The predicted octanol–water partition coefficient (Wildman–Crippen LogP) is 7.34. The lowest BCUT2D eigenvalue weighted by atomic mass is 9.78. The minimum atomic E-state index is -0.467. The van der Waals surface area contributed by atoms with Crippen molar-refractivity contribution in [3.05, 3.63) is 78.9 Å². The van der Waals surface area contributed by atoms with Crippen LogP contribution < -0.4 is 5.46 Å². The van der Waals surface area contributed by atoms with Gasteiger partial charge in [0.1, 0.15) is 11.2 Å². The quantitative estimate of drug-likeness (QED) is 0.196. The number of rotatable bonds is 1. The monoisotopic (exact) mass is 444 g/mol. The molecule has 0 atom stereocenters. The van der Waals surface area contributed by atoms with Gasteiger partial charge in [0.25, 0.3) is 0 Å². The van der Waals surface area contributed by atoms with Crippen LogP contribution in [0.3, 0.4) is 0 Å². The molecule has 34 heavy (non-hydrogen) atoms. The molecule has 1 aliphatic rings. The highest BCUT2D eigenvalue weighted by Crippen LogP contribution is 2.41. The van der Waals surface area contributed by atoms with Gasteiger partial charge in [0.2, 0.25) is 0 Å². The van der Waals surface area contributed by atoms with Crippen molar-refractivity contribution in [2.24, 2.45) is 0 Å². The van der Waals surface area contributed by atoms with E-state index in [1.54, 1.807) is 0 Å². The lowest BCUT2D eigenvalue weighted by Crippen LogP contribution is -2.41. The Labute approximate surface area is 198 Å². The average Bonchev–Trinajstić information content (AvgIpc) is 3.30. The van der Waals surface area contributed by atoms with Crippen LogP contribution in [-0.4, -0.2) is 18.3 Å². The van der Waals surface area contributed by atoms with E-state index in [2.05, 4.69) is 107 Å². The minimum absolute atomic E-state index is 0.404. The molecule has 6 aromatic rings. The molecule has 1 aliphatic heterocycles. The number of fused-ring (bicyclic) bond motifs is 9. The summed E-state index contributed by atoms with van der Waals surface area (Å²) in [6.45, 7) is 8.31. The summed E-state index contributed by atoms with van der Waals surface area (Å²) in [5.74, 6) is 0. The minimum Gasteiger partial charge on any atom is -0.456 e. The lowest BCUT2D eigenvalue weighted by Gasteiger charge is -2.32. The van der Waals surface area contributed by atoms with E-state index in [9.17, 15) is 0 Å². The van der Waals surface area contributed by atoms with Crippen molar-refractivity contribution in [1.82, 2.24) is 0 Å². The Kier molecular flexibility index (Phi) is 3.91. The van der Waals surface area contributed by atoms with E-state index in [-0.39, 0.29) is 0 Å². The van der Waals surface area contributed by atoms with Crippen LogP contribution in [0.15, 0.2) is 83.3 Å². The summed E-state index contributed by atoms with van der Waals surface area (Å²) in [6, 6.07) is 28.0. The molecule has 0 radical (unpaired) electrons. The summed E-state index contributed by atoms with van der Waals surface area (Å²) < 4.78 is 19.3. The Morgan fingerprint density at radius 3 is 1.62 bits per heavy atom. The molecule has 5 aromatic carbocycles. The molecule has 7 rings (SSSR count). The molecule has 0 amide bonds. The third-order valence-corrected chi connectivity index (χ3v) is 7.90. The first-order valence-corrected chi connectivity index (χ1v) is 11.9. The van der Waals surface area contributed by atoms with Gasteiger partial charge in [-0.05, 0) is 72.1 Å². The summed E-state index contributed by atoms with van der Waals surface area (Å²) >= 11 is 0. The van der Waals surface area contributed by atoms with E-state index < -0.39 is 18.3 Å². The van der Waals surface area contributed by atoms with Crippen molar-refractivity contribution in [1.29, 1.82) is 0 Å². The van der Waals surface area contributed by atoms with Gasteiger partial charge in [-0.3, -0.25) is 0 Å². The van der Waals surface area contributed by atoms with Gasteiger partial charge in [0.15, 0.2) is 0 Å². The van der Waals surface area contributed by atoms with Gasteiger partial charge in [-0.15, -0.1) is 0 Å². The fraction of sp³-hybridized carbons (Fsp3) is 0.200. The van der Waals surface area contributed by atoms with Gasteiger partial charge in [0, 0.05) is 16.2 Å². The second-order valence-electron chi connectivity index (χ2n) is 10.4. The molecule has 0 unspecified atom stereocenters. The fourth-order valence-corrected chi connectivity index (χ4v) is 5.37. The number of hydrogen-bond donors (Lipinski definition) is 0. The zero-order valence-electron chi connectivity index (χ0n) is 19.8. The number of furan rings is 1. The van der Waals surface area contributed by atoms with Gasteiger partial charge in [0.05, 0.1) is 11.2 Å². The van der Waals surface area contributed by atoms with Crippen LogP contribution in [-0.2, 0) is 9.31 Å². The molecule has 0 N–H and O–H groups in total. The van der Waals surface area contributed by atoms with E-state index in [4.69, 9.17) is 13.7 Å². The highest BCUT2D eigenvalue weighted by Gasteiger charge is 2.52. The van der Waals surface area contributed by atoms with E-state index in [1.165, 1.54) is 32.3 Å². The fourth-order valence-electron chi connectivity index (χ4n) is 5.37. The zero-order chi connectivity index (χ0) is 23.2. The summed E-state index contributed by atoms with van der Waals surface area (Å²) in [6.07, 6.45) is 0. The van der Waals surface area contributed by atoms with Crippen LogP contribution in [0.4, 0.5) is 0 Å². The number of hydrogen-bond acceptors (Lipinski definition) is 3. The first kappa shape index (κ1) is 20.1. The lowest BCUT2D eigenvalue weighted by molar-refractivity contribution is 0.00578. The Morgan fingerprint density at radius 2 is 1.03 bits per heavy atom. The Balaban J connectivity index is 1.55. The third-order valence-electron chi connectivity index (χ3n) is 7.90. The van der Waals surface area contributed by atoms with E-state index in [1.807, 2.05) is 0 Å². The van der Waals surface area contributed by atoms with Crippen molar-refractivity contribution < 1.29 is 13.7 Å². The number of benzene rings is 5. The van der Waals surface area contributed by atoms with Crippen LogP contribution in [0, 0.1) is 0 Å². The van der Waals surface area contributed by atoms with E-state index in [0.717, 1.165) is 27.4 Å². The van der Waals surface area contributed by atoms with E-state index in [0.29, 0.717) is 0 Å². The smallest absolute Gasteiger partial charge is 0.456 e. The molecule has 0 aliphatic carbocycles. The first-order valence-electron chi connectivity index (χ1n) is 11.9. The highest BCUT2D eigenvalue weighted by atomic mass is 16.7. The largest absolute Gasteiger partial charge is 0.498 e. The molecule has 0 bridgehead atoms. The average molecular weight is 444 g/mol. The van der Waals surface area contributed by atoms with Crippen molar-refractivity contribution in [2.75, 3.05) is 0 Å². The molecule has 0 saturated carbocycles. The van der Waals surface area contributed by atoms with Crippen LogP contribution in [0.1, 0.15) is 27.7 Å². The SMILES string of the molecule is CC1(C)OB(c2cccc3c2oc2cc4c5ccccc5c5ccccc5c4cc23)OC1(C)C. The van der Waals surface area contributed by atoms with Gasteiger partial charge < -0.3 is 13.7 Å². The zero-order valence-corrected chi connectivity index (χ0v) is 19.8. The van der Waals surface area contributed by atoms with Crippen LogP contribution >= 0.6 is 0 Å². The van der Waals surface area contributed by atoms with Gasteiger partial charge in [-0.1, -0.05) is 66.7 Å². The summed E-state index contributed by atoms with van der Waals surface area (Å²) in [5, 5.41) is 9.68. The molecule has 1 fully saturated rings. The van der Waals surface area contributed by atoms with Gasteiger partial charge >= 0.3 is 7.12 Å². The van der Waals surface area contributed by atoms with Crippen LogP contribution in [0.25, 0.3) is 54.3 Å². The molecule has 1 aromatic heterocycles. The molecule has 2 heterocycles. The normalized spacial score (nSPS) is 17.6. The van der Waals surface area contributed by atoms with Gasteiger partial charge in [-0.25, -0.2) is 0 Å². The maximum absolute atomic E-state index is 6.54. The molecular weight excluding hydrogens is 419 g/mol. The maximum Gasteiger partial charge on any atom is 0.498 e. The third kappa shape index (κ3) is 2.61. The standard InChI is InChI=1S/C30H25BO3/c1-29(2)30(3,4)34-31(33-29)26-15-9-14-22-25-16-23-20-12-7-5-10-18(20)19-11-6-8-13-21(19)24(23)17-27(25)32-28(22)26/h5-17H,1-4H3. The van der Waals surface area contributed by atoms with Crippen LogP contribution in [0.5, 0.6) is 0 Å². The van der Waals surface area contributed by atoms with Crippen LogP contribution in [0.2, 0.25) is 0 Å². The Bertz CT molecular complexity index is 1760. The van der Waals surface area contributed by atoms with Crippen molar-refractivity contribution in [3.8, 4) is 0 Å². The Morgan fingerprint density at radius 1 is 0.529 bits per heavy atom. The molecular formula is C30H25BO3. The number of para-hydroxylation sites is 1. The van der Waals surface area contributed by atoms with Crippen molar-refractivity contribution in [2.45, 2.75) is 38.9 Å². The predicted molar refractivity (Wildman–Crippen MR) is 142 cm³/mol. The Hall–Kier alpha value is -3.34. The molecule has 1 saturated heterocycles. The molecule has 3 nitrogen and oxygen atoms in total. The topological polar surface area (TPSA) is 31.6 Å². The van der Waals surface area contributed by atoms with Gasteiger partial charge in [-0.2, -0.15) is 0 Å². The second-order valence-corrected chi connectivity index (χ2v) is 10.4. The molecule has 4 heteroatoms.